The molecule has 1 heterocycles. The Kier molecular flexibility index (Phi) is 6.03. The highest BCUT2D eigenvalue weighted by Gasteiger charge is 2.58. The molecular weight excluding hydrogens is 370 g/mol. The quantitative estimate of drug-likeness (QED) is 0.731. The number of hydrogen-bond acceptors (Lipinski definition) is 5. The summed E-state index contributed by atoms with van der Waals surface area (Å²) in [5.41, 5.74) is -0.277. The van der Waals surface area contributed by atoms with Crippen LogP contribution in [0, 0.1) is 0 Å². The van der Waals surface area contributed by atoms with E-state index >= 15 is 0 Å². The van der Waals surface area contributed by atoms with Gasteiger partial charge in [-0.05, 0) is 56.4 Å². The van der Waals surface area contributed by atoms with Crippen molar-refractivity contribution >= 4 is 6.09 Å². The van der Waals surface area contributed by atoms with Crippen LogP contribution in [0.3, 0.4) is 0 Å². The second-order valence-corrected chi connectivity index (χ2v) is 7.70. The molecule has 3 rings (SSSR count). The third-order valence-corrected chi connectivity index (χ3v) is 5.87. The summed E-state index contributed by atoms with van der Waals surface area (Å²) in [5, 5.41) is 11.2. The molecule has 0 aromatic heterocycles. The van der Waals surface area contributed by atoms with Crippen LogP contribution in [0.2, 0.25) is 0 Å². The van der Waals surface area contributed by atoms with Gasteiger partial charge < -0.3 is 19.3 Å². The van der Waals surface area contributed by atoms with E-state index in [1.807, 2.05) is 48.5 Å². The Labute approximate surface area is 172 Å². The summed E-state index contributed by atoms with van der Waals surface area (Å²) < 4.78 is 16.3. The number of cyclic esters (lactones) is 1. The predicted octanol–water partition coefficient (Wildman–Crippen LogP) is 3.80. The smallest absolute Gasteiger partial charge is 0.412 e. The number of aryl methyl sites for hydroxylation is 1. The van der Waals surface area contributed by atoms with Gasteiger partial charge in [0.1, 0.15) is 0 Å². The van der Waals surface area contributed by atoms with Crippen LogP contribution in [0.4, 0.5) is 4.79 Å². The van der Waals surface area contributed by atoms with Gasteiger partial charge in [-0.2, -0.15) is 0 Å². The molecule has 2 atom stereocenters. The highest BCUT2D eigenvalue weighted by Crippen LogP contribution is 2.40. The topological polar surface area (TPSA) is 68.2 Å². The number of methoxy groups -OCH3 is 2. The minimum Gasteiger partial charge on any atom is -0.493 e. The molecule has 2 aromatic rings. The molecule has 0 saturated carbocycles. The van der Waals surface area contributed by atoms with E-state index in [1.54, 1.807) is 28.1 Å². The zero-order valence-electron chi connectivity index (χ0n) is 17.5. The van der Waals surface area contributed by atoms with Crippen molar-refractivity contribution in [2.45, 2.75) is 44.4 Å². The van der Waals surface area contributed by atoms with E-state index in [0.717, 1.165) is 11.1 Å². The van der Waals surface area contributed by atoms with Crippen LogP contribution in [-0.4, -0.2) is 48.2 Å². The molecule has 156 valence electrons. The van der Waals surface area contributed by atoms with E-state index in [2.05, 4.69) is 0 Å². The molecule has 0 bridgehead atoms. The Bertz CT molecular complexity index is 852. The van der Waals surface area contributed by atoms with E-state index in [9.17, 15) is 9.90 Å². The highest BCUT2D eigenvalue weighted by molar-refractivity contribution is 5.72. The molecule has 1 saturated heterocycles. The van der Waals surface area contributed by atoms with Crippen molar-refractivity contribution in [2.24, 2.45) is 0 Å². The molecule has 1 aliphatic rings. The summed E-state index contributed by atoms with van der Waals surface area (Å²) in [7, 11) is 3.17. The van der Waals surface area contributed by atoms with Crippen LogP contribution in [0.5, 0.6) is 11.5 Å². The molecule has 0 unspecified atom stereocenters. The molecule has 1 fully saturated rings. The Morgan fingerprint density at radius 1 is 0.966 bits per heavy atom. The lowest BCUT2D eigenvalue weighted by Crippen LogP contribution is -2.55. The Hall–Kier alpha value is -2.73. The van der Waals surface area contributed by atoms with Crippen molar-refractivity contribution in [2.75, 3.05) is 20.8 Å². The molecule has 2 aromatic carbocycles. The molecule has 1 N–H and O–H groups in total. The highest BCUT2D eigenvalue weighted by atomic mass is 16.6. The van der Waals surface area contributed by atoms with E-state index < -0.39 is 17.4 Å². The van der Waals surface area contributed by atoms with Crippen LogP contribution in [-0.2, 0) is 17.6 Å². The monoisotopic (exact) mass is 399 g/mol. The fourth-order valence-electron chi connectivity index (χ4n) is 3.71. The van der Waals surface area contributed by atoms with Gasteiger partial charge in [-0.15, -0.1) is 0 Å². The average Bonchev–Trinajstić information content (AvgIpc) is 2.89. The van der Waals surface area contributed by atoms with Crippen molar-refractivity contribution in [1.29, 1.82) is 0 Å². The van der Waals surface area contributed by atoms with E-state index in [4.69, 9.17) is 14.2 Å². The first-order valence-electron chi connectivity index (χ1n) is 9.78. The molecule has 0 spiro atoms. The first-order chi connectivity index (χ1) is 13.8. The lowest BCUT2D eigenvalue weighted by Gasteiger charge is -2.37. The minimum atomic E-state index is -1.41. The molecule has 6 nitrogen and oxygen atoms in total. The van der Waals surface area contributed by atoms with Crippen molar-refractivity contribution in [3.8, 4) is 11.5 Å². The number of ether oxygens (including phenoxy) is 3. The summed E-state index contributed by atoms with van der Waals surface area (Å²) >= 11 is 0. The minimum absolute atomic E-state index is 0.336. The van der Waals surface area contributed by atoms with Crippen LogP contribution in [0.25, 0.3) is 0 Å². The second-order valence-electron chi connectivity index (χ2n) is 7.70. The van der Waals surface area contributed by atoms with Crippen LogP contribution in [0.15, 0.2) is 48.5 Å². The summed E-state index contributed by atoms with van der Waals surface area (Å²) in [5.74, 6) is 1.28. The van der Waals surface area contributed by atoms with Crippen LogP contribution < -0.4 is 9.47 Å². The number of benzene rings is 2. The molecule has 6 heteroatoms. The summed E-state index contributed by atoms with van der Waals surface area (Å²) in [6, 6.07) is 15.6. The molecule has 0 radical (unpaired) electrons. The fourth-order valence-corrected chi connectivity index (χ4v) is 3.71. The summed E-state index contributed by atoms with van der Waals surface area (Å²) in [6.07, 6.45) is 1.30. The maximum Gasteiger partial charge on any atom is 0.412 e. The van der Waals surface area contributed by atoms with Crippen LogP contribution in [0.1, 0.15) is 31.4 Å². The lowest BCUT2D eigenvalue weighted by molar-refractivity contribution is -0.138. The standard InChI is InChI=1S/C23H29NO5/c1-22(14-12-17-8-6-5-7-9-17)23(2,26)24(21(25)29-22)15-13-18-10-11-19(27-3)20(16-18)28-4/h5-11,16,26H,12-15H2,1-4H3/t22-,23+/m0/s1. The maximum atomic E-state index is 12.6. The van der Waals surface area contributed by atoms with Gasteiger partial charge in [0.2, 0.25) is 0 Å². The van der Waals surface area contributed by atoms with E-state index in [1.165, 1.54) is 4.90 Å². The zero-order chi connectivity index (χ0) is 21.1. The van der Waals surface area contributed by atoms with Crippen LogP contribution >= 0.6 is 0 Å². The Morgan fingerprint density at radius 3 is 2.31 bits per heavy atom. The summed E-state index contributed by atoms with van der Waals surface area (Å²) in [6.45, 7) is 3.78. The van der Waals surface area contributed by atoms with Gasteiger partial charge in [-0.3, -0.25) is 4.90 Å². The predicted molar refractivity (Wildman–Crippen MR) is 110 cm³/mol. The Morgan fingerprint density at radius 2 is 1.66 bits per heavy atom. The third-order valence-electron chi connectivity index (χ3n) is 5.87. The van der Waals surface area contributed by atoms with Crippen molar-refractivity contribution in [3.05, 3.63) is 59.7 Å². The van der Waals surface area contributed by atoms with Gasteiger partial charge in [0.05, 0.1) is 14.2 Å². The zero-order valence-corrected chi connectivity index (χ0v) is 17.5. The number of amides is 1. The maximum absolute atomic E-state index is 12.6. The molecular formula is C23H29NO5. The summed E-state index contributed by atoms with van der Waals surface area (Å²) in [4.78, 5) is 14.0. The van der Waals surface area contributed by atoms with E-state index in [-0.39, 0.29) is 0 Å². The lowest BCUT2D eigenvalue weighted by atomic mass is 9.87. The molecule has 29 heavy (non-hydrogen) atoms. The van der Waals surface area contributed by atoms with E-state index in [0.29, 0.717) is 37.3 Å². The number of hydrogen-bond donors (Lipinski definition) is 1. The first kappa shape index (κ1) is 21.0. The largest absolute Gasteiger partial charge is 0.493 e. The first-order valence-corrected chi connectivity index (χ1v) is 9.78. The number of rotatable bonds is 8. The van der Waals surface area contributed by atoms with Gasteiger partial charge >= 0.3 is 6.09 Å². The van der Waals surface area contributed by atoms with Crippen molar-refractivity contribution in [1.82, 2.24) is 4.90 Å². The molecule has 0 aliphatic carbocycles. The number of aliphatic hydroxyl groups is 1. The third kappa shape index (κ3) is 4.17. The number of carbonyl (C=O) groups is 1. The van der Waals surface area contributed by atoms with Gasteiger partial charge in [-0.1, -0.05) is 36.4 Å². The number of nitrogens with zero attached hydrogens (tertiary/aromatic N) is 1. The van der Waals surface area contributed by atoms with Gasteiger partial charge in [-0.25, -0.2) is 4.79 Å². The molecule has 1 amide bonds. The van der Waals surface area contributed by atoms with Crippen molar-refractivity contribution < 1.29 is 24.1 Å². The Balaban J connectivity index is 1.69. The van der Waals surface area contributed by atoms with Gasteiger partial charge in [0, 0.05) is 6.54 Å². The average molecular weight is 399 g/mol. The fraction of sp³-hybridized carbons (Fsp3) is 0.435. The number of carbonyl (C=O) groups excluding carboxylic acids is 1. The van der Waals surface area contributed by atoms with Gasteiger partial charge in [0.25, 0.3) is 0 Å². The van der Waals surface area contributed by atoms with Crippen molar-refractivity contribution in [3.63, 3.8) is 0 Å². The second kappa shape index (κ2) is 8.33. The molecule has 1 aliphatic heterocycles. The SMILES string of the molecule is COc1ccc(CCN2C(=O)O[C@@](C)(CCc3ccccc3)[C@@]2(C)O)cc1OC. The van der Waals surface area contributed by atoms with Gasteiger partial charge in [0.15, 0.2) is 22.8 Å². The normalized spacial score (nSPS) is 23.8.